The van der Waals surface area contributed by atoms with Crippen LogP contribution in [-0.4, -0.2) is 109 Å². The molecule has 0 aromatic carbocycles. The minimum Gasteiger partial charge on any atom is -0.457 e. The van der Waals surface area contributed by atoms with Crippen LogP contribution in [0.4, 0.5) is 4.79 Å². The molecule has 9 nitrogen and oxygen atoms in total. The molecule has 1 fully saturated rings. The second-order valence-electron chi connectivity index (χ2n) is 15.4. The lowest BCUT2D eigenvalue weighted by atomic mass is 9.87. The smallest absolute Gasteiger partial charge is 0.410 e. The third-order valence-corrected chi connectivity index (χ3v) is 9.48. The number of aliphatic hydroxyl groups is 2. The lowest BCUT2D eigenvalue weighted by molar-refractivity contribution is -0.870. The van der Waals surface area contributed by atoms with Crippen molar-refractivity contribution in [3.8, 4) is 0 Å². The van der Waals surface area contributed by atoms with Crippen LogP contribution in [0, 0.1) is 23.7 Å². The van der Waals surface area contributed by atoms with Crippen molar-refractivity contribution in [3.63, 3.8) is 0 Å². The molecule has 264 valence electrons. The van der Waals surface area contributed by atoms with Crippen molar-refractivity contribution in [3.05, 3.63) is 36.0 Å². The van der Waals surface area contributed by atoms with E-state index in [1.807, 2.05) is 52.8 Å². The molecule has 1 saturated heterocycles. The third-order valence-electron chi connectivity index (χ3n) is 9.48. The molecule has 0 bridgehead atoms. The zero-order chi connectivity index (χ0) is 34.8. The minimum atomic E-state index is -1.30. The summed E-state index contributed by atoms with van der Waals surface area (Å²) >= 11 is 0. The van der Waals surface area contributed by atoms with E-state index in [9.17, 15) is 19.8 Å². The van der Waals surface area contributed by atoms with Crippen molar-refractivity contribution in [1.82, 2.24) is 4.90 Å². The Kier molecular flexibility index (Phi) is 15.5. The van der Waals surface area contributed by atoms with Gasteiger partial charge in [-0.1, -0.05) is 58.9 Å². The number of hydrogen-bond acceptors (Lipinski definition) is 7. The molecule has 46 heavy (non-hydrogen) atoms. The number of ether oxygens (including phenoxy) is 3. The molecule has 1 amide bonds. The highest BCUT2D eigenvalue weighted by molar-refractivity contribution is 5.70. The number of allylic oxidation sites excluding steroid dienone is 3. The maximum Gasteiger partial charge on any atom is 0.410 e. The summed E-state index contributed by atoms with van der Waals surface area (Å²) in [6.07, 6.45) is 11.5. The van der Waals surface area contributed by atoms with Gasteiger partial charge in [0, 0.05) is 38.3 Å². The van der Waals surface area contributed by atoms with Gasteiger partial charge in [0.1, 0.15) is 11.7 Å². The van der Waals surface area contributed by atoms with Gasteiger partial charge in [0.05, 0.1) is 46.0 Å². The number of nitrogens with zero attached hydrogens (tertiary/aromatic N) is 2. The molecule has 0 spiro atoms. The summed E-state index contributed by atoms with van der Waals surface area (Å²) in [6.45, 7) is 15.3. The number of cyclic esters (lactones) is 1. The second-order valence-corrected chi connectivity index (χ2v) is 15.4. The van der Waals surface area contributed by atoms with Gasteiger partial charge in [-0.25, -0.2) is 4.79 Å². The highest BCUT2D eigenvalue weighted by Gasteiger charge is 2.45. The van der Waals surface area contributed by atoms with E-state index in [1.54, 1.807) is 24.9 Å². The van der Waals surface area contributed by atoms with E-state index in [1.165, 1.54) is 0 Å². The first kappa shape index (κ1) is 40.0. The van der Waals surface area contributed by atoms with E-state index < -0.39 is 23.9 Å². The molecule has 2 heterocycles. The highest BCUT2D eigenvalue weighted by atomic mass is 16.6. The monoisotopic (exact) mass is 649 g/mol. The number of rotatable bonds is 13. The molecule has 0 aromatic heterocycles. The minimum absolute atomic E-state index is 0.00690. The molecule has 0 aliphatic carbocycles. The molecule has 10 atom stereocenters. The van der Waals surface area contributed by atoms with Crippen LogP contribution in [0.15, 0.2) is 36.0 Å². The van der Waals surface area contributed by atoms with Crippen LogP contribution in [0.2, 0.25) is 0 Å². The van der Waals surface area contributed by atoms with E-state index in [4.69, 9.17) is 14.2 Å². The summed E-state index contributed by atoms with van der Waals surface area (Å²) in [5.41, 5.74) is -0.404. The van der Waals surface area contributed by atoms with E-state index >= 15 is 0 Å². The van der Waals surface area contributed by atoms with Crippen molar-refractivity contribution in [2.45, 2.75) is 123 Å². The number of amides is 1. The average Bonchev–Trinajstić information content (AvgIpc) is 3.73. The Morgan fingerprint density at radius 3 is 2.54 bits per heavy atom. The fourth-order valence-electron chi connectivity index (χ4n) is 6.03. The van der Waals surface area contributed by atoms with E-state index in [2.05, 4.69) is 34.1 Å². The van der Waals surface area contributed by atoms with Crippen molar-refractivity contribution >= 4 is 12.1 Å². The van der Waals surface area contributed by atoms with Gasteiger partial charge in [-0.2, -0.15) is 0 Å². The Hall–Kier alpha value is -2.20. The predicted octanol–water partition coefficient (Wildman–Crippen LogP) is 5.90. The Morgan fingerprint density at radius 2 is 1.91 bits per heavy atom. The van der Waals surface area contributed by atoms with Crippen LogP contribution in [0.25, 0.3) is 0 Å². The SMILES string of the molecule is CC[C@H](O)[C@@H](C)[C@H]1O[C@@H]1C[C@H](C)/C=C/C=C(\C)[C@H]1OC(=O)C[C@H](C)CC[C@@](C)(O)[C@@H](OC(=O)N(C)CCC[N+](C)(C)C)/C=C/[C@@H]1C. The topological polar surface area (TPSA) is 109 Å². The van der Waals surface area contributed by atoms with Crippen molar-refractivity contribution < 1.29 is 38.5 Å². The summed E-state index contributed by atoms with van der Waals surface area (Å²) in [6, 6.07) is 0. The largest absolute Gasteiger partial charge is 0.457 e. The van der Waals surface area contributed by atoms with E-state index in [0.717, 1.165) is 35.9 Å². The number of esters is 1. The van der Waals surface area contributed by atoms with Gasteiger partial charge in [0.2, 0.25) is 0 Å². The molecular formula is C37H65N2O7+. The summed E-state index contributed by atoms with van der Waals surface area (Å²) in [4.78, 5) is 27.6. The number of epoxide rings is 1. The van der Waals surface area contributed by atoms with Gasteiger partial charge in [0.15, 0.2) is 6.10 Å². The number of carbonyl (C=O) groups is 2. The van der Waals surface area contributed by atoms with Crippen LogP contribution in [-0.2, 0) is 19.0 Å². The molecule has 2 aliphatic rings. The van der Waals surface area contributed by atoms with Crippen molar-refractivity contribution in [1.29, 1.82) is 0 Å². The molecule has 0 saturated carbocycles. The lowest BCUT2D eigenvalue weighted by Crippen LogP contribution is -2.44. The summed E-state index contributed by atoms with van der Waals surface area (Å²) in [5.74, 6) is -0.0844. The second kappa shape index (κ2) is 17.8. The Morgan fingerprint density at radius 1 is 1.24 bits per heavy atom. The fourth-order valence-corrected chi connectivity index (χ4v) is 6.03. The standard InChI is InChI=1S/C37H65N2O7/c1-12-30(40)29(6)35-31(44-35)23-25(2)15-13-16-27(4)34-28(5)17-18-32(37(7,43)20-19-26(3)24-33(41)46-34)45-36(42)38(8)21-14-22-39(9,10)11/h13,15-18,25-26,28-32,34-35,40,43H,12,14,19-24H2,1-11H3/q+1/b15-13+,18-17+,27-16+/t25-,26-,28+,29-,30+,31-,32+,34-,35-,37-/m1/s1. The molecule has 2 rings (SSSR count). The lowest BCUT2D eigenvalue weighted by Gasteiger charge is -2.34. The van der Waals surface area contributed by atoms with Gasteiger partial charge in [-0.05, 0) is 63.0 Å². The van der Waals surface area contributed by atoms with Crippen LogP contribution in [0.3, 0.4) is 0 Å². The molecule has 0 radical (unpaired) electrons. The molecule has 9 heteroatoms. The number of quaternary nitrogens is 1. The normalized spacial score (nSPS) is 32.5. The van der Waals surface area contributed by atoms with Gasteiger partial charge in [-0.15, -0.1) is 0 Å². The molecule has 2 N–H and O–H groups in total. The van der Waals surface area contributed by atoms with Gasteiger partial charge in [-0.3, -0.25) is 4.79 Å². The summed E-state index contributed by atoms with van der Waals surface area (Å²) in [5, 5.41) is 21.6. The maximum atomic E-state index is 13.1. The third kappa shape index (κ3) is 13.5. The zero-order valence-electron chi connectivity index (χ0n) is 30.6. The molecule has 2 aliphatic heterocycles. The number of carbonyl (C=O) groups excluding carboxylic acids is 2. The van der Waals surface area contributed by atoms with Gasteiger partial charge in [0.25, 0.3) is 0 Å². The van der Waals surface area contributed by atoms with Gasteiger partial charge < -0.3 is 33.8 Å². The number of hydrogen-bond donors (Lipinski definition) is 2. The first-order valence-corrected chi connectivity index (χ1v) is 17.4. The van der Waals surface area contributed by atoms with Crippen molar-refractivity contribution in [2.75, 3.05) is 41.3 Å². The molecule has 0 aromatic rings. The van der Waals surface area contributed by atoms with Crippen LogP contribution < -0.4 is 0 Å². The summed E-state index contributed by atoms with van der Waals surface area (Å²) in [7, 11) is 8.08. The quantitative estimate of drug-likeness (QED) is 0.0841. The average molecular weight is 650 g/mol. The summed E-state index contributed by atoms with van der Waals surface area (Å²) < 4.78 is 18.6. The van der Waals surface area contributed by atoms with E-state index in [0.29, 0.717) is 19.4 Å². The Balaban J connectivity index is 2.16. The zero-order valence-corrected chi connectivity index (χ0v) is 30.6. The van der Waals surface area contributed by atoms with Crippen LogP contribution in [0.5, 0.6) is 0 Å². The van der Waals surface area contributed by atoms with Crippen LogP contribution >= 0.6 is 0 Å². The first-order valence-electron chi connectivity index (χ1n) is 17.4. The van der Waals surface area contributed by atoms with E-state index in [-0.39, 0.29) is 54.4 Å². The number of aliphatic hydroxyl groups excluding tert-OH is 1. The van der Waals surface area contributed by atoms with Crippen molar-refractivity contribution in [2.24, 2.45) is 23.7 Å². The highest BCUT2D eigenvalue weighted by Crippen LogP contribution is 2.36. The first-order chi connectivity index (χ1) is 21.3. The molecule has 0 unspecified atom stereocenters. The maximum absolute atomic E-state index is 13.1. The fraction of sp³-hybridized carbons (Fsp3) is 0.784. The van der Waals surface area contributed by atoms with Gasteiger partial charge >= 0.3 is 12.1 Å². The van der Waals surface area contributed by atoms with Crippen LogP contribution in [0.1, 0.15) is 87.0 Å². The molecular weight excluding hydrogens is 584 g/mol. The Labute approximate surface area is 279 Å². The predicted molar refractivity (Wildman–Crippen MR) is 183 cm³/mol. The Bertz CT molecular complexity index is 1060.